The lowest BCUT2D eigenvalue weighted by Crippen LogP contribution is -2.12. The summed E-state index contributed by atoms with van der Waals surface area (Å²) in [6, 6.07) is 71.5. The molecule has 0 atom stereocenters. The van der Waals surface area contributed by atoms with Crippen molar-refractivity contribution in [2.45, 2.75) is 0 Å². The Balaban J connectivity index is 1.17. The molecule has 12 rings (SSSR count). The van der Waals surface area contributed by atoms with E-state index in [0.717, 1.165) is 56.1 Å². The summed E-state index contributed by atoms with van der Waals surface area (Å²) in [7, 11) is 0. The Kier molecular flexibility index (Phi) is 7.37. The predicted octanol–water partition coefficient (Wildman–Crippen LogP) is 15.2. The number of para-hydroxylation sites is 3. The molecule has 0 aliphatic heterocycles. The summed E-state index contributed by atoms with van der Waals surface area (Å²) in [4.78, 5) is 7.41. The zero-order valence-electron chi connectivity index (χ0n) is 31.2. The Morgan fingerprint density at radius 3 is 2.09 bits per heavy atom. The second-order valence-corrected chi connectivity index (χ2v) is 15.8. The van der Waals surface area contributed by atoms with Gasteiger partial charge in [0.2, 0.25) is 5.89 Å². The van der Waals surface area contributed by atoms with Crippen molar-refractivity contribution in [3.63, 3.8) is 0 Å². The van der Waals surface area contributed by atoms with Crippen LogP contribution in [0.25, 0.3) is 92.1 Å². The minimum Gasteiger partial charge on any atom is -0.435 e. The molecule has 0 N–H and O–H groups in total. The van der Waals surface area contributed by atoms with Crippen LogP contribution in [0.5, 0.6) is 0 Å². The third-order valence-corrected chi connectivity index (χ3v) is 12.5. The van der Waals surface area contributed by atoms with Crippen LogP contribution in [0.4, 0.5) is 17.1 Å². The molecule has 0 bridgehead atoms. The van der Waals surface area contributed by atoms with Gasteiger partial charge in [0.05, 0.1) is 22.4 Å². The van der Waals surface area contributed by atoms with Gasteiger partial charge >= 0.3 is 0 Å². The van der Waals surface area contributed by atoms with E-state index in [0.29, 0.717) is 5.89 Å². The van der Waals surface area contributed by atoms with Gasteiger partial charge in [-0.1, -0.05) is 133 Å². The molecule has 5 heteroatoms. The molecule has 0 unspecified atom stereocenters. The lowest BCUT2D eigenvalue weighted by atomic mass is 10.00. The van der Waals surface area contributed by atoms with Crippen LogP contribution in [0.3, 0.4) is 0 Å². The molecule has 4 nitrogen and oxygen atoms in total. The first-order valence-corrected chi connectivity index (χ1v) is 20.4. The quantitative estimate of drug-likeness (QED) is 0.169. The number of hydrogen-bond acceptors (Lipinski definition) is 4. The van der Waals surface area contributed by atoms with Crippen LogP contribution < -0.4 is 4.90 Å². The average Bonchev–Trinajstić information content (AvgIpc) is 4.00. The van der Waals surface area contributed by atoms with Gasteiger partial charge in [-0.15, -0.1) is 11.3 Å². The number of nitrogens with zero attached hydrogens (tertiary/aromatic N) is 3. The van der Waals surface area contributed by atoms with Crippen molar-refractivity contribution in [3.05, 3.63) is 200 Å². The van der Waals surface area contributed by atoms with Gasteiger partial charge in [0.15, 0.2) is 5.58 Å². The van der Waals surface area contributed by atoms with Crippen LogP contribution in [0, 0.1) is 0 Å². The van der Waals surface area contributed by atoms with Crippen LogP contribution in [0.1, 0.15) is 0 Å². The van der Waals surface area contributed by atoms with Crippen molar-refractivity contribution in [2.75, 3.05) is 4.90 Å². The molecule has 0 radical (unpaired) electrons. The van der Waals surface area contributed by atoms with Gasteiger partial charge in [-0.3, -0.25) is 0 Å². The highest BCUT2D eigenvalue weighted by atomic mass is 32.1. The first-order valence-electron chi connectivity index (χ1n) is 19.5. The molecule has 272 valence electrons. The SMILES string of the molecule is c1ccc(-c2nc3cccc(-c4ccccc4N(c4ccc5c6ccc7ccccc7c6n(-c6ccccc6)c5c4)c4cccc5sc6ccccc6c45)c3o2)cc1. The molecule has 12 aromatic rings. The van der Waals surface area contributed by atoms with E-state index in [1.165, 1.54) is 47.2 Å². The van der Waals surface area contributed by atoms with Crippen molar-refractivity contribution in [1.82, 2.24) is 9.55 Å². The van der Waals surface area contributed by atoms with E-state index in [2.05, 4.69) is 173 Å². The number of hydrogen-bond donors (Lipinski definition) is 0. The van der Waals surface area contributed by atoms with E-state index < -0.39 is 0 Å². The Labute approximate surface area is 338 Å². The van der Waals surface area contributed by atoms with Gasteiger partial charge in [0.1, 0.15) is 5.52 Å². The monoisotopic (exact) mass is 759 g/mol. The minimum absolute atomic E-state index is 0.610. The number of rotatable bonds is 6. The van der Waals surface area contributed by atoms with Crippen molar-refractivity contribution >= 4 is 92.2 Å². The fourth-order valence-electron chi connectivity index (χ4n) is 8.86. The third kappa shape index (κ3) is 5.04. The zero-order valence-corrected chi connectivity index (χ0v) is 32.0. The van der Waals surface area contributed by atoms with Gasteiger partial charge in [0.25, 0.3) is 0 Å². The van der Waals surface area contributed by atoms with Crippen molar-refractivity contribution in [1.29, 1.82) is 0 Å². The summed E-state index contributed by atoms with van der Waals surface area (Å²) in [5.74, 6) is 0.610. The molecule has 0 fully saturated rings. The van der Waals surface area contributed by atoms with E-state index in [-0.39, 0.29) is 0 Å². The molecular weight excluding hydrogens is 727 g/mol. The van der Waals surface area contributed by atoms with Gasteiger partial charge in [-0.25, -0.2) is 4.98 Å². The molecule has 3 heterocycles. The molecule has 0 saturated carbocycles. The summed E-state index contributed by atoms with van der Waals surface area (Å²) in [6.07, 6.45) is 0. The molecule has 0 amide bonds. The van der Waals surface area contributed by atoms with E-state index >= 15 is 0 Å². The summed E-state index contributed by atoms with van der Waals surface area (Å²) in [5.41, 5.74) is 11.3. The molecule has 0 saturated heterocycles. The summed E-state index contributed by atoms with van der Waals surface area (Å²) in [6.45, 7) is 0. The second kappa shape index (κ2) is 13.1. The van der Waals surface area contributed by atoms with Crippen LogP contribution >= 0.6 is 11.3 Å². The number of benzene rings is 9. The number of anilines is 3. The Bertz CT molecular complexity index is 3530. The van der Waals surface area contributed by atoms with Crippen LogP contribution in [-0.4, -0.2) is 9.55 Å². The highest BCUT2D eigenvalue weighted by molar-refractivity contribution is 7.26. The van der Waals surface area contributed by atoms with E-state index in [9.17, 15) is 0 Å². The minimum atomic E-state index is 0.610. The van der Waals surface area contributed by atoms with Crippen molar-refractivity contribution in [2.24, 2.45) is 0 Å². The fraction of sp³-hybridized carbons (Fsp3) is 0. The Morgan fingerprint density at radius 1 is 0.500 bits per heavy atom. The number of thiophene rings is 1. The molecule has 0 spiro atoms. The first kappa shape index (κ1) is 32.7. The van der Waals surface area contributed by atoms with Crippen molar-refractivity contribution < 1.29 is 4.42 Å². The third-order valence-electron chi connectivity index (χ3n) is 11.4. The van der Waals surface area contributed by atoms with Gasteiger partial charge in [-0.2, -0.15) is 0 Å². The van der Waals surface area contributed by atoms with Crippen LogP contribution in [0.2, 0.25) is 0 Å². The van der Waals surface area contributed by atoms with Gasteiger partial charge in [-0.05, 0) is 72.1 Å². The van der Waals surface area contributed by atoms with E-state index in [1.807, 2.05) is 47.7 Å². The summed E-state index contributed by atoms with van der Waals surface area (Å²) >= 11 is 1.84. The summed E-state index contributed by atoms with van der Waals surface area (Å²) < 4.78 is 11.6. The largest absolute Gasteiger partial charge is 0.435 e. The average molecular weight is 760 g/mol. The number of oxazole rings is 1. The number of aromatic nitrogens is 2. The molecule has 9 aromatic carbocycles. The fourth-order valence-corrected chi connectivity index (χ4v) is 9.99. The Morgan fingerprint density at radius 2 is 1.19 bits per heavy atom. The first-order chi connectivity index (χ1) is 28.8. The Hall–Kier alpha value is -7.47. The molecular formula is C53H33N3OS. The highest BCUT2D eigenvalue weighted by Gasteiger charge is 2.25. The predicted molar refractivity (Wildman–Crippen MR) is 244 cm³/mol. The lowest BCUT2D eigenvalue weighted by Gasteiger charge is -2.29. The van der Waals surface area contributed by atoms with Crippen molar-refractivity contribution in [3.8, 4) is 28.3 Å². The second-order valence-electron chi connectivity index (χ2n) is 14.7. The smallest absolute Gasteiger partial charge is 0.227 e. The summed E-state index contributed by atoms with van der Waals surface area (Å²) in [5, 5.41) is 7.37. The maximum atomic E-state index is 6.66. The lowest BCUT2D eigenvalue weighted by molar-refractivity contribution is 0.621. The number of fused-ring (bicyclic) bond motifs is 9. The maximum Gasteiger partial charge on any atom is 0.227 e. The van der Waals surface area contributed by atoms with Crippen LogP contribution in [-0.2, 0) is 0 Å². The topological polar surface area (TPSA) is 34.2 Å². The van der Waals surface area contributed by atoms with Crippen LogP contribution in [0.15, 0.2) is 205 Å². The molecule has 3 aromatic heterocycles. The zero-order chi connectivity index (χ0) is 38.2. The van der Waals surface area contributed by atoms with Gasteiger partial charge < -0.3 is 13.9 Å². The standard InChI is InChI=1S/C53H33N3OS/c1-3-16-35(17-4-1)53-54-44-24-13-23-42(52(44)57-53)39-21-9-11-25-45(39)55(46-26-14-28-49-50(46)43-22-10-12-27-48(43)58-49)37-30-32-40-41-31-29-34-15-7-8-20-38(34)51(41)56(47(40)33-37)36-18-5-2-6-19-36/h1-33H. The van der Waals surface area contributed by atoms with E-state index in [4.69, 9.17) is 9.40 Å². The van der Waals surface area contributed by atoms with Gasteiger partial charge in [0, 0.05) is 64.4 Å². The molecule has 0 aliphatic carbocycles. The molecule has 0 aliphatic rings. The maximum absolute atomic E-state index is 6.66. The molecule has 58 heavy (non-hydrogen) atoms. The van der Waals surface area contributed by atoms with E-state index in [1.54, 1.807) is 0 Å². The normalized spacial score (nSPS) is 11.8. The highest BCUT2D eigenvalue weighted by Crippen LogP contribution is 2.49.